The van der Waals surface area contributed by atoms with E-state index in [0.717, 1.165) is 110 Å². The molecule has 10 heteroatoms. The second-order valence-electron chi connectivity index (χ2n) is 25.6. The minimum Gasteiger partial charge on any atom is -0.307 e. The first-order valence-electron chi connectivity index (χ1n) is 33.4. The third-order valence-corrected chi connectivity index (χ3v) is 19.8. The van der Waals surface area contributed by atoms with Crippen molar-refractivity contribution >= 4 is 65.4 Å². The lowest BCUT2D eigenvalue weighted by Crippen LogP contribution is -2.14. The zero-order chi connectivity index (χ0) is 68.1. The first kappa shape index (κ1) is 60.6. The van der Waals surface area contributed by atoms with E-state index in [1.807, 2.05) is 109 Å². The number of alkyl halides is 6. The average Bonchev–Trinajstić information content (AvgIpc) is 1.59. The lowest BCUT2D eigenvalue weighted by atomic mass is 9.89. The molecule has 0 N–H and O–H groups in total. The molecule has 18 aromatic rings. The van der Waals surface area contributed by atoms with Crippen molar-refractivity contribution in [3.8, 4) is 106 Å². The van der Waals surface area contributed by atoms with E-state index in [1.165, 1.54) is 24.5 Å². The number of hydrogen-bond acceptors (Lipinski definition) is 1. The van der Waals surface area contributed by atoms with Gasteiger partial charge in [-0.05, 0) is 198 Å². The van der Waals surface area contributed by atoms with Crippen LogP contribution in [-0.2, 0) is 12.4 Å². The largest absolute Gasteiger partial charge is 0.417 e. The lowest BCUT2D eigenvalue weighted by molar-refractivity contribution is -0.140. The van der Waals surface area contributed by atoms with Crippen molar-refractivity contribution in [3.63, 3.8) is 0 Å². The number of rotatable bonds is 11. The van der Waals surface area contributed by atoms with E-state index in [2.05, 4.69) is 201 Å². The highest BCUT2D eigenvalue weighted by Crippen LogP contribution is 2.51. The molecule has 0 amide bonds. The molecule has 0 aliphatic rings. The number of fused-ring (bicyclic) bond motifs is 9. The maximum absolute atomic E-state index is 16.8. The van der Waals surface area contributed by atoms with E-state index in [-0.39, 0.29) is 11.1 Å². The summed E-state index contributed by atoms with van der Waals surface area (Å²) in [6.07, 6.45) is -7.74. The molecular weight excluding hydrogens is 1260 g/mol. The van der Waals surface area contributed by atoms with E-state index in [4.69, 9.17) is 0 Å². The van der Waals surface area contributed by atoms with E-state index >= 15 is 26.3 Å². The second-order valence-corrected chi connectivity index (χ2v) is 25.6. The van der Waals surface area contributed by atoms with E-state index in [9.17, 15) is 0 Å². The normalized spacial score (nSPS) is 12.1. The number of nitrogens with zero attached hydrogens (tertiary/aromatic N) is 4. The molecule has 0 atom stereocenters. The Morgan fingerprint density at radius 2 is 0.446 bits per heavy atom. The smallest absolute Gasteiger partial charge is 0.307 e. The van der Waals surface area contributed by atoms with Gasteiger partial charge in [0, 0.05) is 44.7 Å². The van der Waals surface area contributed by atoms with Crippen LogP contribution in [-0.4, -0.2) is 18.7 Å². The summed E-state index contributed by atoms with van der Waals surface area (Å²) in [5.41, 5.74) is 13.3. The number of halogens is 6. The zero-order valence-corrected chi connectivity index (χ0v) is 53.9. The SMILES string of the molecule is FC(F)(F)c1cc(-c2cc(-n3c4ccc(-c5ccccc5)cc4c4cc(-c5ccccc5)ccc43)c(-n3c4ccc(-c5ccccc5)cc4c4cc(-c5ccccc5)ccc43)c(-n3c4ccc(-c5ccccc5)cc4c4cc(-c5ccccc5)ccc43)c2)c(C(F)(F)F)cc1-c1ccncc1. The van der Waals surface area contributed by atoms with Crippen molar-refractivity contribution in [2.24, 2.45) is 0 Å². The Hall–Kier alpha value is -12.8. The van der Waals surface area contributed by atoms with Crippen molar-refractivity contribution in [2.45, 2.75) is 12.4 Å². The Morgan fingerprint density at radius 3 is 0.693 bits per heavy atom. The predicted octanol–water partition coefficient (Wildman–Crippen LogP) is 25.7. The van der Waals surface area contributed by atoms with Crippen molar-refractivity contribution in [3.05, 3.63) is 351 Å². The quantitative estimate of drug-likeness (QED) is 0.119. The van der Waals surface area contributed by atoms with Crippen LogP contribution in [0.3, 0.4) is 0 Å². The summed E-state index contributed by atoms with van der Waals surface area (Å²) in [7, 11) is 0. The third kappa shape index (κ3) is 10.5. The average molecular weight is 1320 g/mol. The fraction of sp³-hybridized carbons (Fsp3) is 0.0220. The van der Waals surface area contributed by atoms with Gasteiger partial charge < -0.3 is 13.7 Å². The van der Waals surface area contributed by atoms with Gasteiger partial charge in [0.15, 0.2) is 0 Å². The Kier molecular flexibility index (Phi) is 14.4. The van der Waals surface area contributed by atoms with Gasteiger partial charge in [-0.1, -0.05) is 218 Å². The van der Waals surface area contributed by atoms with Gasteiger partial charge in [-0.3, -0.25) is 4.98 Å². The van der Waals surface area contributed by atoms with E-state index in [1.54, 1.807) is 12.1 Å². The van der Waals surface area contributed by atoms with Crippen LogP contribution in [0.2, 0.25) is 0 Å². The molecule has 0 saturated heterocycles. The van der Waals surface area contributed by atoms with E-state index < -0.39 is 34.6 Å². The molecule has 0 spiro atoms. The summed E-state index contributed by atoms with van der Waals surface area (Å²) in [5, 5.41) is 5.16. The van der Waals surface area contributed by atoms with E-state index in [0.29, 0.717) is 51.3 Å². The molecule has 18 rings (SSSR count). The van der Waals surface area contributed by atoms with Gasteiger partial charge >= 0.3 is 12.4 Å². The summed E-state index contributed by atoms with van der Waals surface area (Å²) >= 11 is 0. The lowest BCUT2D eigenvalue weighted by Gasteiger charge is -2.25. The Bertz CT molecular complexity index is 5730. The summed E-state index contributed by atoms with van der Waals surface area (Å²) < 4.78 is 106. The molecule has 0 aliphatic carbocycles. The van der Waals surface area contributed by atoms with Gasteiger partial charge in [0.05, 0.1) is 61.3 Å². The van der Waals surface area contributed by atoms with Crippen LogP contribution in [0.4, 0.5) is 26.3 Å². The minimum absolute atomic E-state index is 0.0663. The zero-order valence-electron chi connectivity index (χ0n) is 53.9. The number of benzene rings is 14. The predicted molar refractivity (Wildman–Crippen MR) is 401 cm³/mol. The molecule has 0 bridgehead atoms. The maximum atomic E-state index is 16.8. The Labute approximate surface area is 576 Å². The molecule has 4 aromatic heterocycles. The highest BCUT2D eigenvalue weighted by Gasteiger charge is 2.41. The first-order chi connectivity index (χ1) is 49.4. The molecule has 0 saturated carbocycles. The van der Waals surface area contributed by atoms with Gasteiger partial charge in [-0.25, -0.2) is 0 Å². The summed E-state index contributed by atoms with van der Waals surface area (Å²) in [6.45, 7) is 0. The number of hydrogen-bond donors (Lipinski definition) is 0. The summed E-state index contributed by atoms with van der Waals surface area (Å²) in [6, 6.07) is 106. The van der Waals surface area contributed by atoms with Gasteiger partial charge in [-0.2, -0.15) is 26.3 Å². The van der Waals surface area contributed by atoms with Crippen LogP contribution in [0, 0.1) is 0 Å². The highest BCUT2D eigenvalue weighted by molar-refractivity contribution is 6.16. The number of aromatic nitrogens is 4. The van der Waals surface area contributed by atoms with Gasteiger partial charge in [-0.15, -0.1) is 0 Å². The van der Waals surface area contributed by atoms with Gasteiger partial charge in [0.25, 0.3) is 0 Å². The van der Waals surface area contributed by atoms with Crippen LogP contribution in [0.15, 0.2) is 340 Å². The monoisotopic (exact) mass is 1320 g/mol. The van der Waals surface area contributed by atoms with Crippen LogP contribution in [0.1, 0.15) is 11.1 Å². The molecule has 482 valence electrons. The third-order valence-electron chi connectivity index (χ3n) is 19.8. The minimum atomic E-state index is -5.18. The van der Waals surface area contributed by atoms with Crippen molar-refractivity contribution in [1.29, 1.82) is 0 Å². The number of pyridine rings is 1. The summed E-state index contributed by atoms with van der Waals surface area (Å²) in [4.78, 5) is 4.03. The maximum Gasteiger partial charge on any atom is 0.417 e. The fourth-order valence-corrected chi connectivity index (χ4v) is 15.1. The van der Waals surface area contributed by atoms with Crippen molar-refractivity contribution in [1.82, 2.24) is 18.7 Å². The van der Waals surface area contributed by atoms with Gasteiger partial charge in [0.1, 0.15) is 0 Å². The molecule has 0 radical (unpaired) electrons. The highest BCUT2D eigenvalue weighted by atomic mass is 19.4. The van der Waals surface area contributed by atoms with Crippen molar-refractivity contribution < 1.29 is 26.3 Å². The molecule has 4 nitrogen and oxygen atoms in total. The molecule has 0 unspecified atom stereocenters. The Morgan fingerprint density at radius 1 is 0.208 bits per heavy atom. The molecule has 101 heavy (non-hydrogen) atoms. The summed E-state index contributed by atoms with van der Waals surface area (Å²) in [5.74, 6) is 0. The van der Waals surface area contributed by atoms with Gasteiger partial charge in [0.2, 0.25) is 0 Å². The molecular formula is C91H56F6N4. The van der Waals surface area contributed by atoms with Crippen LogP contribution in [0.25, 0.3) is 171 Å². The molecule has 4 heterocycles. The van der Waals surface area contributed by atoms with Crippen LogP contribution in [0.5, 0.6) is 0 Å². The topological polar surface area (TPSA) is 27.7 Å². The molecule has 0 fully saturated rings. The first-order valence-corrected chi connectivity index (χ1v) is 33.4. The van der Waals surface area contributed by atoms with Crippen LogP contribution >= 0.6 is 0 Å². The molecule has 0 aliphatic heterocycles. The molecule has 14 aromatic carbocycles. The standard InChI is InChI=1S/C91H56F6N4/c92-90(93,94)79-56-72(80(91(95,96)97)55-71(79)63-43-45-98-46-44-63)70-53-87(99-81-37-31-64(57-19-7-1-8-20-57)47-73(81)74-48-65(32-38-82(74)99)58-21-9-2-10-22-58)89(101-85-41-35-68(61-27-15-5-16-28-61)51-77(85)78-52-69(36-42-86(78)101)62-29-17-6-18-30-62)88(54-70)100-83-39-33-66(59-23-11-3-12-24-59)49-75(83)76-50-67(34-40-84(76)100)60-25-13-4-14-26-60/h1-56H. The van der Waals surface area contributed by atoms with Crippen LogP contribution < -0.4 is 0 Å². The van der Waals surface area contributed by atoms with Crippen molar-refractivity contribution in [2.75, 3.05) is 0 Å². The Balaban J connectivity index is 1.07. The fourth-order valence-electron chi connectivity index (χ4n) is 15.1. The second kappa shape index (κ2) is 24.0.